The average Bonchev–Trinajstić information content (AvgIpc) is 2.49. The molecule has 1 saturated heterocycles. The fourth-order valence-corrected chi connectivity index (χ4v) is 3.18. The Balaban J connectivity index is 0.00000264. The molecule has 7 heteroatoms. The van der Waals surface area contributed by atoms with Crippen molar-refractivity contribution in [2.45, 2.75) is 44.7 Å². The smallest absolute Gasteiger partial charge is 0.244 e. The van der Waals surface area contributed by atoms with E-state index in [1.807, 2.05) is 24.3 Å². The van der Waals surface area contributed by atoms with E-state index < -0.39 is 5.54 Å². The Kier molecular flexibility index (Phi) is 10.5. The molecule has 2 atom stereocenters. The van der Waals surface area contributed by atoms with E-state index in [2.05, 4.69) is 33.1 Å². The summed E-state index contributed by atoms with van der Waals surface area (Å²) in [5.41, 5.74) is 6.05. The molecule has 0 spiro atoms. The third kappa shape index (κ3) is 6.19. The van der Waals surface area contributed by atoms with Gasteiger partial charge in [-0.1, -0.05) is 34.5 Å². The lowest BCUT2D eigenvalue weighted by atomic mass is 9.92. The van der Waals surface area contributed by atoms with Gasteiger partial charge in [0.05, 0.1) is 0 Å². The van der Waals surface area contributed by atoms with Crippen LogP contribution in [0.1, 0.15) is 38.7 Å². The molecule has 3 N–H and O–H groups in total. The van der Waals surface area contributed by atoms with Crippen LogP contribution in [0.5, 0.6) is 0 Å². The Morgan fingerprint density at radius 3 is 2.54 bits per heavy atom. The van der Waals surface area contributed by atoms with E-state index in [9.17, 15) is 4.79 Å². The highest BCUT2D eigenvalue weighted by atomic mass is 79.9. The minimum atomic E-state index is -1.01. The second-order valence-corrected chi connectivity index (χ2v) is 7.26. The lowest BCUT2D eigenvalue weighted by Crippen LogP contribution is -2.51. The second kappa shape index (κ2) is 10.6. The molecule has 4 nitrogen and oxygen atoms in total. The summed E-state index contributed by atoms with van der Waals surface area (Å²) in [6, 6.07) is 8.19. The predicted octanol–water partition coefficient (Wildman–Crippen LogP) is 3.46. The predicted molar refractivity (Wildman–Crippen MR) is 108 cm³/mol. The number of piperidine rings is 1. The van der Waals surface area contributed by atoms with Gasteiger partial charge < -0.3 is 11.1 Å². The summed E-state index contributed by atoms with van der Waals surface area (Å²) < 4.78 is 0.978. The zero-order valence-electron chi connectivity index (χ0n) is 14.3. The second-order valence-electron chi connectivity index (χ2n) is 6.35. The van der Waals surface area contributed by atoms with Crippen LogP contribution in [0, 0.1) is 0 Å². The van der Waals surface area contributed by atoms with Gasteiger partial charge in [0.15, 0.2) is 0 Å². The minimum Gasteiger partial charge on any atom is -0.353 e. The summed E-state index contributed by atoms with van der Waals surface area (Å²) in [6.45, 7) is 6.68. The first-order valence-corrected chi connectivity index (χ1v) is 8.78. The van der Waals surface area contributed by atoms with Crippen molar-refractivity contribution in [1.82, 2.24) is 10.2 Å². The Morgan fingerprint density at radius 2 is 1.96 bits per heavy atom. The molecule has 1 amide bonds. The Bertz CT molecular complexity index is 511. The molecule has 0 saturated carbocycles. The number of carbonyl (C=O) groups is 1. The van der Waals surface area contributed by atoms with E-state index in [1.165, 1.54) is 19.3 Å². The summed E-state index contributed by atoms with van der Waals surface area (Å²) in [4.78, 5) is 14.8. The van der Waals surface area contributed by atoms with Gasteiger partial charge >= 0.3 is 0 Å². The molecule has 1 fully saturated rings. The van der Waals surface area contributed by atoms with Gasteiger partial charge in [-0.05, 0) is 50.9 Å². The largest absolute Gasteiger partial charge is 0.353 e. The molecule has 0 radical (unpaired) electrons. The third-order valence-corrected chi connectivity index (χ3v) is 5.07. The maximum atomic E-state index is 12.4. The summed E-state index contributed by atoms with van der Waals surface area (Å²) in [6.07, 6.45) is 3.82. The van der Waals surface area contributed by atoms with Crippen LogP contribution in [-0.4, -0.2) is 36.5 Å². The van der Waals surface area contributed by atoms with E-state index in [0.29, 0.717) is 12.6 Å². The van der Waals surface area contributed by atoms with Gasteiger partial charge in [0.25, 0.3) is 0 Å². The number of carbonyl (C=O) groups excluding carboxylic acids is 1. The SMILES string of the molecule is CC1CCCCN1CCNC(=O)C(C)(N)c1ccc(Br)cc1.Cl.Cl. The van der Waals surface area contributed by atoms with Crippen LogP contribution < -0.4 is 11.1 Å². The molecular formula is C17H28BrCl2N3O. The zero-order valence-corrected chi connectivity index (χ0v) is 17.5. The van der Waals surface area contributed by atoms with Crippen LogP contribution in [0.2, 0.25) is 0 Å². The van der Waals surface area contributed by atoms with Crippen molar-refractivity contribution in [1.29, 1.82) is 0 Å². The third-order valence-electron chi connectivity index (χ3n) is 4.54. The van der Waals surface area contributed by atoms with Crippen LogP contribution in [0.25, 0.3) is 0 Å². The highest BCUT2D eigenvalue weighted by molar-refractivity contribution is 9.10. The van der Waals surface area contributed by atoms with Crippen LogP contribution in [0.4, 0.5) is 0 Å². The molecule has 1 aromatic rings. The van der Waals surface area contributed by atoms with E-state index in [0.717, 1.165) is 23.1 Å². The molecule has 2 rings (SSSR count). The summed E-state index contributed by atoms with van der Waals surface area (Å²) >= 11 is 3.39. The maximum absolute atomic E-state index is 12.4. The molecule has 1 aliphatic rings. The Hall–Kier alpha value is -0.330. The molecule has 0 aromatic heterocycles. The van der Waals surface area contributed by atoms with Crippen molar-refractivity contribution in [2.24, 2.45) is 5.73 Å². The van der Waals surface area contributed by atoms with Crippen molar-refractivity contribution in [3.05, 3.63) is 34.3 Å². The maximum Gasteiger partial charge on any atom is 0.244 e. The van der Waals surface area contributed by atoms with Crippen molar-refractivity contribution in [3.8, 4) is 0 Å². The number of nitrogens with two attached hydrogens (primary N) is 1. The van der Waals surface area contributed by atoms with Gasteiger partial charge in [-0.15, -0.1) is 24.8 Å². The van der Waals surface area contributed by atoms with Gasteiger partial charge in [-0.2, -0.15) is 0 Å². The number of hydrogen-bond donors (Lipinski definition) is 2. The van der Waals surface area contributed by atoms with Crippen molar-refractivity contribution in [2.75, 3.05) is 19.6 Å². The van der Waals surface area contributed by atoms with Crippen molar-refractivity contribution < 1.29 is 4.79 Å². The number of likely N-dealkylation sites (tertiary alicyclic amines) is 1. The van der Waals surface area contributed by atoms with E-state index >= 15 is 0 Å². The lowest BCUT2D eigenvalue weighted by molar-refractivity contribution is -0.126. The number of nitrogens with one attached hydrogen (secondary N) is 1. The standard InChI is InChI=1S/C17H26BrN3O.2ClH/c1-13-5-3-4-11-21(13)12-10-20-16(22)17(2,19)14-6-8-15(18)9-7-14;;/h6-9,13H,3-5,10-12,19H2,1-2H3,(H,20,22);2*1H. The van der Waals surface area contributed by atoms with Gasteiger partial charge in [0, 0.05) is 23.6 Å². The summed E-state index contributed by atoms with van der Waals surface area (Å²) in [5, 5.41) is 2.99. The first-order chi connectivity index (χ1) is 10.4. The first-order valence-electron chi connectivity index (χ1n) is 7.98. The molecule has 0 aliphatic carbocycles. The molecular weight excluding hydrogens is 413 g/mol. The quantitative estimate of drug-likeness (QED) is 0.736. The van der Waals surface area contributed by atoms with Crippen LogP contribution in [0.15, 0.2) is 28.7 Å². The zero-order chi connectivity index (χ0) is 16.2. The van der Waals surface area contributed by atoms with Crippen LogP contribution in [-0.2, 0) is 10.3 Å². The normalized spacial score (nSPS) is 20.2. The van der Waals surface area contributed by atoms with Crippen LogP contribution >= 0.6 is 40.7 Å². The number of hydrogen-bond acceptors (Lipinski definition) is 3. The number of halogens is 3. The average molecular weight is 441 g/mol. The summed E-state index contributed by atoms with van der Waals surface area (Å²) in [7, 11) is 0. The molecule has 1 aliphatic heterocycles. The minimum absolute atomic E-state index is 0. The van der Waals surface area contributed by atoms with Gasteiger partial charge in [0.2, 0.25) is 5.91 Å². The first kappa shape index (κ1) is 23.7. The molecule has 1 aromatic carbocycles. The van der Waals surface area contributed by atoms with E-state index in [4.69, 9.17) is 5.73 Å². The number of amides is 1. The van der Waals surface area contributed by atoms with Crippen molar-refractivity contribution >= 4 is 46.7 Å². The fourth-order valence-electron chi connectivity index (χ4n) is 2.91. The number of rotatable bonds is 5. The highest BCUT2D eigenvalue weighted by Crippen LogP contribution is 2.20. The summed E-state index contributed by atoms with van der Waals surface area (Å²) in [5.74, 6) is -0.125. The lowest BCUT2D eigenvalue weighted by Gasteiger charge is -2.33. The highest BCUT2D eigenvalue weighted by Gasteiger charge is 2.30. The van der Waals surface area contributed by atoms with E-state index in [-0.39, 0.29) is 30.7 Å². The van der Waals surface area contributed by atoms with E-state index in [1.54, 1.807) is 6.92 Å². The number of benzene rings is 1. The molecule has 2 unspecified atom stereocenters. The molecule has 0 bridgehead atoms. The van der Waals surface area contributed by atoms with Gasteiger partial charge in [-0.3, -0.25) is 9.69 Å². The van der Waals surface area contributed by atoms with Gasteiger partial charge in [0.1, 0.15) is 5.54 Å². The Labute approximate surface area is 165 Å². The number of nitrogens with zero attached hydrogens (tertiary/aromatic N) is 1. The molecule has 1 heterocycles. The fraction of sp³-hybridized carbons (Fsp3) is 0.588. The topological polar surface area (TPSA) is 58.4 Å². The Morgan fingerprint density at radius 1 is 1.33 bits per heavy atom. The van der Waals surface area contributed by atoms with Gasteiger partial charge in [-0.25, -0.2) is 0 Å². The van der Waals surface area contributed by atoms with Crippen molar-refractivity contribution in [3.63, 3.8) is 0 Å². The molecule has 24 heavy (non-hydrogen) atoms. The van der Waals surface area contributed by atoms with Crippen LogP contribution in [0.3, 0.4) is 0 Å². The molecule has 138 valence electrons. The monoisotopic (exact) mass is 439 g/mol.